The molecule has 0 aliphatic carbocycles. The number of rotatable bonds is 4. The SMILES string of the molecule is CNc1nc(C)c([N+](=O)[O-])c(-n2cnc(C(=O)OC)n2)n1. The van der Waals surface area contributed by atoms with Crippen LogP contribution >= 0.6 is 0 Å². The molecule has 0 spiro atoms. The first-order valence-electron chi connectivity index (χ1n) is 5.69. The smallest absolute Gasteiger partial charge is 0.377 e. The molecule has 0 bridgehead atoms. The molecule has 0 saturated heterocycles. The zero-order valence-electron chi connectivity index (χ0n) is 11.4. The Kier molecular flexibility index (Phi) is 3.73. The summed E-state index contributed by atoms with van der Waals surface area (Å²) in [5, 5.41) is 17.7. The Hall–Kier alpha value is -3.11. The molecule has 11 nitrogen and oxygen atoms in total. The van der Waals surface area contributed by atoms with Gasteiger partial charge in [0, 0.05) is 7.05 Å². The molecule has 1 N–H and O–H groups in total. The zero-order valence-corrected chi connectivity index (χ0v) is 11.4. The van der Waals surface area contributed by atoms with E-state index in [0.29, 0.717) is 0 Å². The number of hydrogen-bond donors (Lipinski definition) is 1. The van der Waals surface area contributed by atoms with Gasteiger partial charge in [0.2, 0.25) is 11.8 Å². The Balaban J connectivity index is 2.61. The van der Waals surface area contributed by atoms with Gasteiger partial charge in [0.1, 0.15) is 12.0 Å². The van der Waals surface area contributed by atoms with Gasteiger partial charge in [-0.25, -0.2) is 14.8 Å². The maximum atomic E-state index is 11.3. The van der Waals surface area contributed by atoms with Gasteiger partial charge < -0.3 is 10.1 Å². The van der Waals surface area contributed by atoms with Gasteiger partial charge in [-0.05, 0) is 6.92 Å². The molecule has 0 radical (unpaired) electrons. The minimum Gasteiger partial charge on any atom is -0.463 e. The van der Waals surface area contributed by atoms with Crippen LogP contribution in [0, 0.1) is 17.0 Å². The van der Waals surface area contributed by atoms with Crippen molar-refractivity contribution in [1.29, 1.82) is 0 Å². The number of anilines is 1. The van der Waals surface area contributed by atoms with Crippen LogP contribution in [0.2, 0.25) is 0 Å². The van der Waals surface area contributed by atoms with Gasteiger partial charge >= 0.3 is 11.7 Å². The predicted molar refractivity (Wildman–Crippen MR) is 69.2 cm³/mol. The maximum absolute atomic E-state index is 11.3. The molecule has 0 atom stereocenters. The summed E-state index contributed by atoms with van der Waals surface area (Å²) in [5.74, 6) is -0.896. The van der Waals surface area contributed by atoms with Crippen molar-refractivity contribution in [2.45, 2.75) is 6.92 Å². The van der Waals surface area contributed by atoms with Crippen molar-refractivity contribution >= 4 is 17.6 Å². The topological polar surface area (TPSA) is 138 Å². The first-order valence-corrected chi connectivity index (χ1v) is 5.69. The Morgan fingerprint density at radius 2 is 2.19 bits per heavy atom. The fraction of sp³-hybridized carbons (Fsp3) is 0.300. The fourth-order valence-corrected chi connectivity index (χ4v) is 1.59. The summed E-state index contributed by atoms with van der Waals surface area (Å²) < 4.78 is 5.50. The minimum absolute atomic E-state index is 0.0977. The van der Waals surface area contributed by atoms with Gasteiger partial charge in [-0.2, -0.15) is 9.67 Å². The molecule has 0 saturated carbocycles. The van der Waals surface area contributed by atoms with E-state index in [4.69, 9.17) is 0 Å². The summed E-state index contributed by atoms with van der Waals surface area (Å²) in [7, 11) is 2.75. The van der Waals surface area contributed by atoms with Crippen LogP contribution in [0.15, 0.2) is 6.33 Å². The number of nitro groups is 1. The van der Waals surface area contributed by atoms with E-state index in [2.05, 4.69) is 30.1 Å². The number of esters is 1. The van der Waals surface area contributed by atoms with E-state index in [-0.39, 0.29) is 29.0 Å². The normalized spacial score (nSPS) is 10.2. The monoisotopic (exact) mass is 293 g/mol. The predicted octanol–water partition coefficient (Wildman–Crippen LogP) is 0.102. The Labute approximate surface area is 118 Å². The molecule has 0 aromatic carbocycles. The van der Waals surface area contributed by atoms with E-state index in [1.165, 1.54) is 14.0 Å². The van der Waals surface area contributed by atoms with Crippen molar-refractivity contribution < 1.29 is 14.5 Å². The first-order chi connectivity index (χ1) is 9.97. The Bertz CT molecular complexity index is 711. The summed E-state index contributed by atoms with van der Waals surface area (Å²) in [4.78, 5) is 33.5. The molecule has 11 heteroatoms. The lowest BCUT2D eigenvalue weighted by Crippen LogP contribution is -2.11. The van der Waals surface area contributed by atoms with Gasteiger partial charge in [-0.3, -0.25) is 10.1 Å². The zero-order chi connectivity index (χ0) is 15.6. The summed E-state index contributed by atoms with van der Waals surface area (Å²) in [6.07, 6.45) is 1.14. The van der Waals surface area contributed by atoms with Crippen molar-refractivity contribution in [3.63, 3.8) is 0 Å². The molecule has 0 aliphatic rings. The van der Waals surface area contributed by atoms with E-state index in [9.17, 15) is 14.9 Å². The third kappa shape index (κ3) is 2.61. The summed E-state index contributed by atoms with van der Waals surface area (Å²) in [5.41, 5.74) is -0.167. The highest BCUT2D eigenvalue weighted by molar-refractivity contribution is 5.84. The molecular formula is C10H11N7O4. The van der Waals surface area contributed by atoms with Crippen LogP contribution in [-0.4, -0.2) is 49.8 Å². The maximum Gasteiger partial charge on any atom is 0.377 e. The number of carbonyl (C=O) groups excluding carboxylic acids is 1. The third-order valence-electron chi connectivity index (χ3n) is 2.52. The highest BCUT2D eigenvalue weighted by Crippen LogP contribution is 2.24. The molecule has 2 rings (SSSR count). The van der Waals surface area contributed by atoms with Crippen LogP contribution < -0.4 is 5.32 Å². The molecule has 0 unspecified atom stereocenters. The fourth-order valence-electron chi connectivity index (χ4n) is 1.59. The molecule has 21 heavy (non-hydrogen) atoms. The standard InChI is InChI=1S/C10H11N7O4/c1-5-6(17(19)20)8(14-10(11-2)13-5)16-4-12-7(15-16)9(18)21-3/h4H,1-3H3,(H,11,13,14). The number of nitrogens with one attached hydrogen (secondary N) is 1. The lowest BCUT2D eigenvalue weighted by Gasteiger charge is -2.06. The van der Waals surface area contributed by atoms with E-state index in [1.807, 2.05) is 0 Å². The number of hydrogen-bond acceptors (Lipinski definition) is 9. The number of aromatic nitrogens is 5. The largest absolute Gasteiger partial charge is 0.463 e. The van der Waals surface area contributed by atoms with Crippen molar-refractivity contribution in [2.75, 3.05) is 19.5 Å². The molecule has 110 valence electrons. The second-order valence-corrected chi connectivity index (χ2v) is 3.82. The van der Waals surface area contributed by atoms with Crippen LogP contribution in [-0.2, 0) is 4.74 Å². The van der Waals surface area contributed by atoms with Crippen LogP contribution in [0.5, 0.6) is 0 Å². The Morgan fingerprint density at radius 1 is 1.48 bits per heavy atom. The number of nitrogens with zero attached hydrogens (tertiary/aromatic N) is 6. The second-order valence-electron chi connectivity index (χ2n) is 3.82. The van der Waals surface area contributed by atoms with Crippen molar-refractivity contribution in [2.24, 2.45) is 0 Å². The van der Waals surface area contributed by atoms with Crippen LogP contribution in [0.3, 0.4) is 0 Å². The molecular weight excluding hydrogens is 282 g/mol. The lowest BCUT2D eigenvalue weighted by molar-refractivity contribution is -0.385. The third-order valence-corrected chi connectivity index (χ3v) is 2.52. The summed E-state index contributed by atoms with van der Waals surface area (Å²) >= 11 is 0. The minimum atomic E-state index is -0.754. The van der Waals surface area contributed by atoms with Crippen LogP contribution in [0.25, 0.3) is 5.82 Å². The number of aryl methyl sites for hydroxylation is 1. The second kappa shape index (κ2) is 5.48. The van der Waals surface area contributed by atoms with Gasteiger partial charge in [0.25, 0.3) is 5.82 Å². The molecule has 2 heterocycles. The average molecular weight is 293 g/mol. The van der Waals surface area contributed by atoms with Gasteiger partial charge in [-0.1, -0.05) is 0 Å². The van der Waals surface area contributed by atoms with Crippen molar-refractivity contribution in [3.05, 3.63) is 28.0 Å². The van der Waals surface area contributed by atoms with Crippen molar-refractivity contribution in [1.82, 2.24) is 24.7 Å². The molecule has 2 aromatic rings. The average Bonchev–Trinajstić information content (AvgIpc) is 2.94. The van der Waals surface area contributed by atoms with Crippen LogP contribution in [0.1, 0.15) is 16.3 Å². The van der Waals surface area contributed by atoms with E-state index in [0.717, 1.165) is 11.0 Å². The highest BCUT2D eigenvalue weighted by Gasteiger charge is 2.25. The molecule has 0 amide bonds. The lowest BCUT2D eigenvalue weighted by atomic mass is 10.3. The number of methoxy groups -OCH3 is 1. The Morgan fingerprint density at radius 3 is 2.76 bits per heavy atom. The first kappa shape index (κ1) is 14.3. The quantitative estimate of drug-likeness (QED) is 0.472. The summed E-state index contributed by atoms with van der Waals surface area (Å²) in [6.45, 7) is 1.47. The van der Waals surface area contributed by atoms with E-state index >= 15 is 0 Å². The van der Waals surface area contributed by atoms with Gasteiger partial charge in [0.15, 0.2) is 0 Å². The summed E-state index contributed by atoms with van der Waals surface area (Å²) in [6, 6.07) is 0. The highest BCUT2D eigenvalue weighted by atomic mass is 16.6. The number of ether oxygens (including phenoxy) is 1. The number of carbonyl (C=O) groups is 1. The molecule has 0 aliphatic heterocycles. The van der Waals surface area contributed by atoms with Crippen LogP contribution in [0.4, 0.5) is 11.6 Å². The van der Waals surface area contributed by atoms with E-state index in [1.54, 1.807) is 7.05 Å². The van der Waals surface area contributed by atoms with Crippen molar-refractivity contribution in [3.8, 4) is 5.82 Å². The van der Waals surface area contributed by atoms with E-state index < -0.39 is 10.9 Å². The molecule has 0 fully saturated rings. The van der Waals surface area contributed by atoms with Gasteiger partial charge in [0.05, 0.1) is 12.0 Å². The van der Waals surface area contributed by atoms with Gasteiger partial charge in [-0.15, -0.1) is 5.10 Å². The molecule has 2 aromatic heterocycles.